The predicted octanol–water partition coefficient (Wildman–Crippen LogP) is 2.28. The second kappa shape index (κ2) is 6.83. The molecule has 21 heavy (non-hydrogen) atoms. The number of benzene rings is 1. The van der Waals surface area contributed by atoms with E-state index in [0.717, 1.165) is 4.90 Å². The van der Waals surface area contributed by atoms with E-state index < -0.39 is 17.8 Å². The third-order valence-electron chi connectivity index (χ3n) is 2.42. The number of ether oxygens (including phenoxy) is 1. The minimum atomic E-state index is -1.12. The molecular formula is C14H21N3O4. The topological polar surface area (TPSA) is 105 Å². The van der Waals surface area contributed by atoms with Crippen molar-refractivity contribution in [3.63, 3.8) is 0 Å². The first-order chi connectivity index (χ1) is 9.69. The van der Waals surface area contributed by atoms with Crippen molar-refractivity contribution in [2.45, 2.75) is 26.4 Å². The van der Waals surface area contributed by atoms with Crippen LogP contribution in [0.1, 0.15) is 20.8 Å². The molecule has 1 aromatic rings. The lowest BCUT2D eigenvalue weighted by molar-refractivity contribution is 0.0529. The number of anilines is 2. The molecule has 7 heteroatoms. The van der Waals surface area contributed by atoms with Gasteiger partial charge in [-0.1, -0.05) is 6.07 Å². The van der Waals surface area contributed by atoms with Crippen LogP contribution in [0.25, 0.3) is 0 Å². The average Bonchev–Trinajstić information content (AvgIpc) is 2.31. The summed E-state index contributed by atoms with van der Waals surface area (Å²) in [6.07, 6.45) is -1.70. The zero-order valence-corrected chi connectivity index (χ0v) is 12.4. The van der Waals surface area contributed by atoms with Crippen LogP contribution in [0.4, 0.5) is 21.0 Å². The normalized spacial score (nSPS) is 10.8. The molecule has 0 aliphatic carbocycles. The van der Waals surface area contributed by atoms with Crippen LogP contribution < -0.4 is 16.0 Å². The monoisotopic (exact) mass is 295 g/mol. The highest BCUT2D eigenvalue weighted by atomic mass is 16.6. The van der Waals surface area contributed by atoms with Gasteiger partial charge in [0.1, 0.15) is 5.60 Å². The van der Waals surface area contributed by atoms with Gasteiger partial charge in [0.05, 0.1) is 0 Å². The summed E-state index contributed by atoms with van der Waals surface area (Å²) in [5.41, 5.74) is 5.96. The Balaban J connectivity index is 2.57. The lowest BCUT2D eigenvalue weighted by Crippen LogP contribution is -2.40. The van der Waals surface area contributed by atoms with Crippen LogP contribution in [-0.2, 0) is 4.74 Å². The number of alkyl carbamates (subject to hydrolysis) is 1. The summed E-state index contributed by atoms with van der Waals surface area (Å²) < 4.78 is 5.07. The largest absolute Gasteiger partial charge is 0.465 e. The Kier molecular flexibility index (Phi) is 5.40. The number of rotatable bonds is 4. The fourth-order valence-electron chi connectivity index (χ4n) is 1.61. The van der Waals surface area contributed by atoms with E-state index in [-0.39, 0.29) is 13.1 Å². The molecule has 0 aliphatic rings. The Bertz CT molecular complexity index is 511. The van der Waals surface area contributed by atoms with Crippen LogP contribution in [0, 0.1) is 0 Å². The van der Waals surface area contributed by atoms with E-state index in [1.165, 1.54) is 0 Å². The Morgan fingerprint density at radius 1 is 1.38 bits per heavy atom. The molecule has 0 radical (unpaired) electrons. The Hall–Kier alpha value is -2.44. The molecule has 0 aliphatic heterocycles. The fourth-order valence-corrected chi connectivity index (χ4v) is 1.61. The predicted molar refractivity (Wildman–Crippen MR) is 80.5 cm³/mol. The van der Waals surface area contributed by atoms with Gasteiger partial charge >= 0.3 is 12.2 Å². The highest BCUT2D eigenvalue weighted by Crippen LogP contribution is 2.17. The van der Waals surface area contributed by atoms with Crippen molar-refractivity contribution in [2.24, 2.45) is 0 Å². The van der Waals surface area contributed by atoms with E-state index in [1.807, 2.05) is 0 Å². The second-order valence-electron chi connectivity index (χ2n) is 5.46. The number of nitrogen functional groups attached to an aromatic ring is 1. The van der Waals surface area contributed by atoms with Crippen LogP contribution in [0.5, 0.6) is 0 Å². The van der Waals surface area contributed by atoms with E-state index in [4.69, 9.17) is 10.5 Å². The minimum absolute atomic E-state index is 0.0953. The number of hydrogen-bond donors (Lipinski definition) is 3. The Morgan fingerprint density at radius 3 is 2.57 bits per heavy atom. The number of carbonyl (C=O) groups excluding carboxylic acids is 1. The number of nitrogens with one attached hydrogen (secondary N) is 1. The summed E-state index contributed by atoms with van der Waals surface area (Å²) in [6.45, 7) is 5.49. The summed E-state index contributed by atoms with van der Waals surface area (Å²) in [6, 6.07) is 6.53. The number of carbonyl (C=O) groups is 2. The van der Waals surface area contributed by atoms with Gasteiger partial charge in [0.15, 0.2) is 0 Å². The molecule has 0 unspecified atom stereocenters. The van der Waals surface area contributed by atoms with Gasteiger partial charge < -0.3 is 20.9 Å². The van der Waals surface area contributed by atoms with Gasteiger partial charge in [0.25, 0.3) is 0 Å². The van der Waals surface area contributed by atoms with Gasteiger partial charge in [0.2, 0.25) is 0 Å². The SMILES string of the molecule is CC(C)(C)OC(=O)NCCN(C(=O)O)c1cccc(N)c1. The third kappa shape index (κ3) is 6.03. The lowest BCUT2D eigenvalue weighted by Gasteiger charge is -2.22. The molecule has 0 saturated carbocycles. The van der Waals surface area contributed by atoms with Gasteiger partial charge in [-0.3, -0.25) is 4.90 Å². The molecule has 0 aromatic heterocycles. The quantitative estimate of drug-likeness (QED) is 0.739. The number of carboxylic acid groups (broad SMARTS) is 1. The van der Waals surface area contributed by atoms with Crippen molar-refractivity contribution in [3.05, 3.63) is 24.3 Å². The zero-order chi connectivity index (χ0) is 16.0. The van der Waals surface area contributed by atoms with Crippen molar-refractivity contribution in [1.29, 1.82) is 0 Å². The van der Waals surface area contributed by atoms with Gasteiger partial charge in [-0.25, -0.2) is 9.59 Å². The zero-order valence-electron chi connectivity index (χ0n) is 12.4. The third-order valence-corrected chi connectivity index (χ3v) is 2.42. The van der Waals surface area contributed by atoms with Crippen molar-refractivity contribution >= 4 is 23.6 Å². The average molecular weight is 295 g/mol. The molecule has 0 saturated heterocycles. The number of amides is 2. The highest BCUT2D eigenvalue weighted by molar-refractivity contribution is 5.86. The van der Waals surface area contributed by atoms with Crippen molar-refractivity contribution in [1.82, 2.24) is 5.32 Å². The Labute approximate surface area is 123 Å². The maximum absolute atomic E-state index is 11.5. The van der Waals surface area contributed by atoms with E-state index in [0.29, 0.717) is 11.4 Å². The molecule has 7 nitrogen and oxygen atoms in total. The maximum atomic E-state index is 11.5. The number of nitrogens with zero attached hydrogens (tertiary/aromatic N) is 1. The van der Waals surface area contributed by atoms with Crippen LogP contribution in [-0.4, -0.2) is 36.0 Å². The standard InChI is InChI=1S/C14H21N3O4/c1-14(2,3)21-12(18)16-7-8-17(13(19)20)11-6-4-5-10(15)9-11/h4-6,9H,7-8,15H2,1-3H3,(H,16,18)(H,19,20). The van der Waals surface area contributed by atoms with Gasteiger partial charge in [-0.15, -0.1) is 0 Å². The molecular weight excluding hydrogens is 274 g/mol. The van der Waals surface area contributed by atoms with E-state index in [9.17, 15) is 14.7 Å². The van der Waals surface area contributed by atoms with Crippen LogP contribution in [0.3, 0.4) is 0 Å². The van der Waals surface area contributed by atoms with Gasteiger partial charge in [-0.2, -0.15) is 0 Å². The number of hydrogen-bond acceptors (Lipinski definition) is 4. The molecule has 0 bridgehead atoms. The fraction of sp³-hybridized carbons (Fsp3) is 0.429. The lowest BCUT2D eigenvalue weighted by atomic mass is 10.2. The molecule has 0 fully saturated rings. The smallest absolute Gasteiger partial charge is 0.411 e. The summed E-state index contributed by atoms with van der Waals surface area (Å²) in [4.78, 5) is 23.8. The first kappa shape index (κ1) is 16.6. The molecule has 0 heterocycles. The second-order valence-corrected chi connectivity index (χ2v) is 5.46. The number of nitrogens with two attached hydrogens (primary N) is 1. The summed E-state index contributed by atoms with van der Waals surface area (Å²) >= 11 is 0. The Morgan fingerprint density at radius 2 is 2.05 bits per heavy atom. The molecule has 1 rings (SSSR count). The van der Waals surface area contributed by atoms with Crippen LogP contribution >= 0.6 is 0 Å². The van der Waals surface area contributed by atoms with Crippen LogP contribution in [0.2, 0.25) is 0 Å². The molecule has 2 amide bonds. The summed E-state index contributed by atoms with van der Waals surface area (Å²) in [7, 11) is 0. The minimum Gasteiger partial charge on any atom is -0.465 e. The van der Waals surface area contributed by atoms with E-state index >= 15 is 0 Å². The van der Waals surface area contributed by atoms with Gasteiger partial charge in [-0.05, 0) is 39.0 Å². The molecule has 116 valence electrons. The van der Waals surface area contributed by atoms with E-state index in [2.05, 4.69) is 5.32 Å². The van der Waals surface area contributed by atoms with Crippen molar-refractivity contribution < 1.29 is 19.4 Å². The molecule has 1 aromatic carbocycles. The van der Waals surface area contributed by atoms with Crippen LogP contribution in [0.15, 0.2) is 24.3 Å². The molecule has 4 N–H and O–H groups in total. The summed E-state index contributed by atoms with van der Waals surface area (Å²) in [5, 5.41) is 11.7. The van der Waals surface area contributed by atoms with Gasteiger partial charge in [0, 0.05) is 24.5 Å². The van der Waals surface area contributed by atoms with E-state index in [1.54, 1.807) is 45.0 Å². The molecule has 0 atom stereocenters. The first-order valence-electron chi connectivity index (χ1n) is 6.52. The van der Waals surface area contributed by atoms with Crippen molar-refractivity contribution in [3.8, 4) is 0 Å². The van der Waals surface area contributed by atoms with Crippen molar-refractivity contribution in [2.75, 3.05) is 23.7 Å². The first-order valence-corrected chi connectivity index (χ1v) is 6.52. The summed E-state index contributed by atoms with van der Waals surface area (Å²) in [5.74, 6) is 0. The molecule has 0 spiro atoms. The highest BCUT2D eigenvalue weighted by Gasteiger charge is 2.17. The maximum Gasteiger partial charge on any atom is 0.411 e.